The molecule has 20 heavy (non-hydrogen) atoms. The maximum absolute atomic E-state index is 11.6. The molecule has 4 nitrogen and oxygen atoms in total. The second-order valence-corrected chi connectivity index (χ2v) is 3.92. The summed E-state index contributed by atoms with van der Waals surface area (Å²) in [6.45, 7) is 3.19. The average molecular weight is 268 g/mol. The van der Waals surface area contributed by atoms with Gasteiger partial charge in [0, 0.05) is 6.08 Å². The molecule has 0 aliphatic rings. The van der Waals surface area contributed by atoms with Crippen LogP contribution in [0.15, 0.2) is 67.3 Å². The van der Waals surface area contributed by atoms with Crippen LogP contribution in [-0.2, 0) is 14.6 Å². The molecule has 0 aliphatic heterocycles. The molecule has 2 aromatic carbocycles. The molecule has 4 heteroatoms. The lowest BCUT2D eigenvalue weighted by Crippen LogP contribution is -2.09. The fourth-order valence-electron chi connectivity index (χ4n) is 1.59. The molecule has 2 rings (SSSR count). The fraction of sp³-hybridized carbons (Fsp3) is 0. The molecule has 0 radical (unpaired) electrons. The third-order valence-electron chi connectivity index (χ3n) is 2.59. The molecule has 0 fully saturated rings. The molecule has 0 saturated carbocycles. The van der Waals surface area contributed by atoms with Crippen molar-refractivity contribution in [1.29, 1.82) is 0 Å². The summed E-state index contributed by atoms with van der Waals surface area (Å²) in [5.74, 6) is -1.56. The van der Waals surface area contributed by atoms with Crippen LogP contribution in [0.4, 0.5) is 0 Å². The summed E-state index contributed by atoms with van der Waals surface area (Å²) in [4.78, 5) is 30.9. The number of carbonyl (C=O) groups excluding carboxylic acids is 2. The first-order chi connectivity index (χ1) is 9.70. The molecule has 0 spiro atoms. The highest BCUT2D eigenvalue weighted by Gasteiger charge is 2.10. The van der Waals surface area contributed by atoms with Gasteiger partial charge in [-0.05, 0) is 23.3 Å². The molecule has 0 atom stereocenters. The van der Waals surface area contributed by atoms with Crippen LogP contribution in [0.2, 0.25) is 0 Å². The van der Waals surface area contributed by atoms with Crippen molar-refractivity contribution in [3.8, 4) is 11.1 Å². The Morgan fingerprint density at radius 1 is 0.850 bits per heavy atom. The molecule has 0 amide bonds. The van der Waals surface area contributed by atoms with E-state index in [1.165, 1.54) is 0 Å². The predicted octanol–water partition coefficient (Wildman–Crippen LogP) is 3.15. The van der Waals surface area contributed by atoms with Gasteiger partial charge in [-0.2, -0.15) is 0 Å². The molecule has 0 aromatic heterocycles. The molecule has 0 saturated heterocycles. The van der Waals surface area contributed by atoms with Crippen molar-refractivity contribution < 1.29 is 19.4 Å². The van der Waals surface area contributed by atoms with Crippen LogP contribution in [0.3, 0.4) is 0 Å². The lowest BCUT2D eigenvalue weighted by atomic mass is 10.0. The molecule has 0 heterocycles. The van der Waals surface area contributed by atoms with Crippen molar-refractivity contribution in [2.45, 2.75) is 0 Å². The van der Waals surface area contributed by atoms with Crippen LogP contribution in [-0.4, -0.2) is 11.9 Å². The van der Waals surface area contributed by atoms with Gasteiger partial charge in [-0.1, -0.05) is 49.0 Å². The summed E-state index contributed by atoms with van der Waals surface area (Å²) in [7, 11) is 0. The lowest BCUT2D eigenvalue weighted by Gasteiger charge is -2.03. The zero-order valence-electron chi connectivity index (χ0n) is 10.6. The van der Waals surface area contributed by atoms with Crippen molar-refractivity contribution >= 4 is 11.9 Å². The van der Waals surface area contributed by atoms with Gasteiger partial charge in [0.1, 0.15) is 0 Å². The van der Waals surface area contributed by atoms with E-state index in [4.69, 9.17) is 0 Å². The second kappa shape index (κ2) is 6.33. The Morgan fingerprint density at radius 3 is 2.05 bits per heavy atom. The molecule has 0 aliphatic carbocycles. The SMILES string of the molecule is C=CC(=O)OOC(=O)c1ccc(-c2ccccc2)cc1. The third kappa shape index (κ3) is 3.32. The van der Waals surface area contributed by atoms with Crippen molar-refractivity contribution in [1.82, 2.24) is 0 Å². The Morgan fingerprint density at radius 2 is 1.45 bits per heavy atom. The van der Waals surface area contributed by atoms with E-state index in [2.05, 4.69) is 16.4 Å². The zero-order chi connectivity index (χ0) is 14.4. The van der Waals surface area contributed by atoms with Crippen LogP contribution < -0.4 is 0 Å². The molecule has 0 unspecified atom stereocenters. The Labute approximate surface area is 116 Å². The number of rotatable bonds is 3. The predicted molar refractivity (Wildman–Crippen MR) is 73.6 cm³/mol. The Kier molecular flexibility index (Phi) is 4.29. The summed E-state index contributed by atoms with van der Waals surface area (Å²) in [5, 5.41) is 0. The van der Waals surface area contributed by atoms with E-state index < -0.39 is 11.9 Å². The standard InChI is InChI=1S/C16H12O4/c1-2-15(17)19-20-16(18)14-10-8-13(9-11-14)12-6-4-3-5-7-12/h2-11H,1H2. The van der Waals surface area contributed by atoms with E-state index >= 15 is 0 Å². The summed E-state index contributed by atoms with van der Waals surface area (Å²) in [5.41, 5.74) is 2.32. The number of hydrogen-bond donors (Lipinski definition) is 0. The van der Waals surface area contributed by atoms with Gasteiger partial charge in [0.2, 0.25) is 0 Å². The molecule has 0 N–H and O–H groups in total. The van der Waals surface area contributed by atoms with Crippen molar-refractivity contribution in [3.63, 3.8) is 0 Å². The van der Waals surface area contributed by atoms with Gasteiger partial charge in [0.15, 0.2) is 0 Å². The number of hydrogen-bond acceptors (Lipinski definition) is 4. The zero-order valence-corrected chi connectivity index (χ0v) is 10.6. The van der Waals surface area contributed by atoms with Gasteiger partial charge >= 0.3 is 11.9 Å². The molecular formula is C16H12O4. The lowest BCUT2D eigenvalue weighted by molar-refractivity contribution is -0.228. The van der Waals surface area contributed by atoms with Gasteiger partial charge < -0.3 is 0 Å². The first kappa shape index (κ1) is 13.5. The summed E-state index contributed by atoms with van der Waals surface area (Å²) < 4.78 is 0. The maximum atomic E-state index is 11.6. The van der Waals surface area contributed by atoms with Gasteiger partial charge in [-0.3, -0.25) is 0 Å². The topological polar surface area (TPSA) is 52.6 Å². The summed E-state index contributed by atoms with van der Waals surface area (Å²) in [6.07, 6.45) is 0.909. The van der Waals surface area contributed by atoms with Gasteiger partial charge in [0.05, 0.1) is 5.56 Å². The minimum atomic E-state index is -0.820. The largest absolute Gasteiger partial charge is 0.386 e. The van der Waals surface area contributed by atoms with Crippen LogP contribution >= 0.6 is 0 Å². The van der Waals surface area contributed by atoms with Crippen molar-refractivity contribution in [3.05, 3.63) is 72.8 Å². The summed E-state index contributed by atoms with van der Waals surface area (Å²) in [6, 6.07) is 16.5. The minimum Gasteiger partial charge on any atom is -0.242 e. The van der Waals surface area contributed by atoms with E-state index in [9.17, 15) is 9.59 Å². The molecule has 2 aromatic rings. The smallest absolute Gasteiger partial charge is 0.242 e. The fourth-order valence-corrected chi connectivity index (χ4v) is 1.59. The monoisotopic (exact) mass is 268 g/mol. The van der Waals surface area contributed by atoms with Crippen molar-refractivity contribution in [2.24, 2.45) is 0 Å². The molecule has 0 bridgehead atoms. The highest BCUT2D eigenvalue weighted by Crippen LogP contribution is 2.19. The first-order valence-electron chi connectivity index (χ1n) is 5.91. The van der Waals surface area contributed by atoms with Gasteiger partial charge in [0.25, 0.3) is 0 Å². The number of carbonyl (C=O) groups is 2. The Bertz CT molecular complexity index is 615. The maximum Gasteiger partial charge on any atom is 0.386 e. The van der Waals surface area contributed by atoms with Gasteiger partial charge in [-0.15, -0.1) is 0 Å². The van der Waals surface area contributed by atoms with Crippen LogP contribution in [0.25, 0.3) is 11.1 Å². The first-order valence-corrected chi connectivity index (χ1v) is 5.91. The highest BCUT2D eigenvalue weighted by molar-refractivity contribution is 5.90. The van der Waals surface area contributed by atoms with E-state index in [1.807, 2.05) is 30.3 Å². The molecular weight excluding hydrogens is 256 g/mol. The second-order valence-electron chi connectivity index (χ2n) is 3.92. The van der Waals surface area contributed by atoms with E-state index in [0.717, 1.165) is 17.2 Å². The summed E-state index contributed by atoms with van der Waals surface area (Å²) >= 11 is 0. The third-order valence-corrected chi connectivity index (χ3v) is 2.59. The average Bonchev–Trinajstić information content (AvgIpc) is 2.53. The van der Waals surface area contributed by atoms with E-state index in [0.29, 0.717) is 5.56 Å². The van der Waals surface area contributed by atoms with Gasteiger partial charge in [-0.25, -0.2) is 19.4 Å². The number of benzene rings is 2. The van der Waals surface area contributed by atoms with Crippen LogP contribution in [0, 0.1) is 0 Å². The normalized spacial score (nSPS) is 9.60. The Balaban J connectivity index is 2.06. The highest BCUT2D eigenvalue weighted by atomic mass is 17.2. The van der Waals surface area contributed by atoms with E-state index in [-0.39, 0.29) is 0 Å². The molecule has 100 valence electrons. The Hall–Kier alpha value is -2.88. The van der Waals surface area contributed by atoms with Crippen molar-refractivity contribution in [2.75, 3.05) is 0 Å². The minimum absolute atomic E-state index is 0.293. The van der Waals surface area contributed by atoms with E-state index in [1.54, 1.807) is 24.3 Å². The quantitative estimate of drug-likeness (QED) is 0.487. The van der Waals surface area contributed by atoms with Crippen LogP contribution in [0.5, 0.6) is 0 Å². The van der Waals surface area contributed by atoms with Crippen LogP contribution in [0.1, 0.15) is 10.4 Å².